The van der Waals surface area contributed by atoms with Crippen molar-refractivity contribution in [2.75, 3.05) is 0 Å². The molecule has 2 heterocycles. The van der Waals surface area contributed by atoms with E-state index in [1.807, 2.05) is 24.3 Å². The lowest BCUT2D eigenvalue weighted by molar-refractivity contribution is -0.384. The minimum absolute atomic E-state index is 0.0266. The van der Waals surface area contributed by atoms with Crippen LogP contribution in [0.1, 0.15) is 0 Å². The number of H-pyrrole nitrogens is 1. The van der Waals surface area contributed by atoms with E-state index >= 15 is 0 Å². The Kier molecular flexibility index (Phi) is 3.90. The second-order valence-electron chi connectivity index (χ2n) is 5.39. The molecule has 2 aromatic heterocycles. The topological polar surface area (TPSA) is 117 Å². The van der Waals surface area contributed by atoms with E-state index in [-0.39, 0.29) is 11.6 Å². The average molecular weight is 365 g/mol. The zero-order chi connectivity index (χ0) is 18.1. The third-order valence-corrected chi connectivity index (χ3v) is 4.49. The van der Waals surface area contributed by atoms with Crippen LogP contribution >= 0.6 is 11.3 Å². The Morgan fingerprint density at radius 1 is 1.12 bits per heavy atom. The van der Waals surface area contributed by atoms with Gasteiger partial charge in [0, 0.05) is 28.5 Å². The fraction of sp³-hybridized carbons (Fsp3) is 0. The molecule has 4 aromatic rings. The van der Waals surface area contributed by atoms with E-state index < -0.39 is 4.92 Å². The molecule has 128 valence electrons. The van der Waals surface area contributed by atoms with Crippen molar-refractivity contribution in [3.8, 4) is 17.1 Å². The predicted octanol–water partition coefficient (Wildman–Crippen LogP) is 5.32. The van der Waals surface area contributed by atoms with Gasteiger partial charge in [0.2, 0.25) is 11.0 Å². The van der Waals surface area contributed by atoms with Gasteiger partial charge in [-0.25, -0.2) is 4.98 Å². The van der Waals surface area contributed by atoms with Crippen molar-refractivity contribution in [3.05, 3.63) is 64.0 Å². The van der Waals surface area contributed by atoms with Gasteiger partial charge in [0.15, 0.2) is 5.69 Å². The van der Waals surface area contributed by atoms with Crippen molar-refractivity contribution < 1.29 is 10.0 Å². The minimum Gasteiger partial charge on any atom is -0.493 e. The molecule has 8 nitrogen and oxygen atoms in total. The number of non-ortho nitro benzene ring substituents is 1. The standard InChI is InChI=1S/C17H11N5O3S/c23-16-15(12-3-1-2-4-13(12)18-16)20-21-17-19-14(9-26-17)10-5-7-11(8-6-10)22(24)25/h1-9,18,23H. The number of hydrogen-bond donors (Lipinski definition) is 2. The highest BCUT2D eigenvalue weighted by molar-refractivity contribution is 7.13. The van der Waals surface area contributed by atoms with E-state index in [9.17, 15) is 15.2 Å². The lowest BCUT2D eigenvalue weighted by Gasteiger charge is -1.95. The Hall–Kier alpha value is -3.59. The van der Waals surface area contributed by atoms with Gasteiger partial charge in [-0.3, -0.25) is 10.1 Å². The first-order chi connectivity index (χ1) is 12.6. The predicted molar refractivity (Wildman–Crippen MR) is 98.3 cm³/mol. The molecular weight excluding hydrogens is 354 g/mol. The summed E-state index contributed by atoms with van der Waals surface area (Å²) in [5.41, 5.74) is 2.56. The highest BCUT2D eigenvalue weighted by atomic mass is 32.1. The molecule has 0 spiro atoms. The fourth-order valence-electron chi connectivity index (χ4n) is 2.50. The Balaban J connectivity index is 1.61. The summed E-state index contributed by atoms with van der Waals surface area (Å²) in [7, 11) is 0. The molecule has 0 saturated heterocycles. The molecule has 0 aliphatic heterocycles. The van der Waals surface area contributed by atoms with Crippen LogP contribution in [0.4, 0.5) is 16.5 Å². The number of nitrogens with zero attached hydrogens (tertiary/aromatic N) is 4. The normalized spacial score (nSPS) is 11.4. The van der Waals surface area contributed by atoms with E-state index in [0.29, 0.717) is 16.5 Å². The van der Waals surface area contributed by atoms with Gasteiger partial charge in [-0.05, 0) is 18.2 Å². The van der Waals surface area contributed by atoms with Crippen LogP contribution in [0.5, 0.6) is 5.88 Å². The van der Waals surface area contributed by atoms with Crippen LogP contribution in [-0.2, 0) is 0 Å². The van der Waals surface area contributed by atoms with Crippen LogP contribution in [0.25, 0.3) is 22.2 Å². The molecule has 0 atom stereocenters. The number of nitro benzene ring substituents is 1. The van der Waals surface area contributed by atoms with Crippen molar-refractivity contribution in [2.24, 2.45) is 10.2 Å². The second kappa shape index (κ2) is 6.37. The number of aromatic nitrogens is 2. The summed E-state index contributed by atoms with van der Waals surface area (Å²) in [4.78, 5) is 17.5. The van der Waals surface area contributed by atoms with Crippen LogP contribution in [0.3, 0.4) is 0 Å². The number of rotatable bonds is 4. The first-order valence-electron chi connectivity index (χ1n) is 7.53. The fourth-order valence-corrected chi connectivity index (χ4v) is 3.15. The maximum Gasteiger partial charge on any atom is 0.269 e. The number of aromatic hydroxyl groups is 1. The molecule has 0 aliphatic rings. The number of para-hydroxylation sites is 1. The van der Waals surface area contributed by atoms with Crippen molar-refractivity contribution in [1.29, 1.82) is 0 Å². The summed E-state index contributed by atoms with van der Waals surface area (Å²) >= 11 is 1.29. The Morgan fingerprint density at radius 3 is 2.65 bits per heavy atom. The molecule has 4 rings (SSSR count). The van der Waals surface area contributed by atoms with Gasteiger partial charge in [0.05, 0.1) is 16.1 Å². The number of nitro groups is 1. The van der Waals surface area contributed by atoms with Gasteiger partial charge < -0.3 is 10.1 Å². The Labute approximate surface area is 150 Å². The largest absolute Gasteiger partial charge is 0.493 e. The summed E-state index contributed by atoms with van der Waals surface area (Å²) in [6.07, 6.45) is 0. The Morgan fingerprint density at radius 2 is 1.88 bits per heavy atom. The van der Waals surface area contributed by atoms with Gasteiger partial charge in [-0.1, -0.05) is 18.2 Å². The van der Waals surface area contributed by atoms with Crippen LogP contribution in [0.2, 0.25) is 0 Å². The number of benzene rings is 2. The van der Waals surface area contributed by atoms with Crippen molar-refractivity contribution in [3.63, 3.8) is 0 Å². The zero-order valence-electron chi connectivity index (χ0n) is 13.2. The molecule has 0 radical (unpaired) electrons. The number of nitrogens with one attached hydrogen (secondary N) is 1. The molecule has 0 unspecified atom stereocenters. The minimum atomic E-state index is -0.446. The Bertz CT molecular complexity index is 1130. The van der Waals surface area contributed by atoms with Gasteiger partial charge in [0.25, 0.3) is 5.69 Å². The molecule has 26 heavy (non-hydrogen) atoms. The second-order valence-corrected chi connectivity index (χ2v) is 6.22. The summed E-state index contributed by atoms with van der Waals surface area (Å²) in [5.74, 6) is -0.0536. The monoisotopic (exact) mass is 365 g/mol. The van der Waals surface area contributed by atoms with Crippen LogP contribution in [-0.4, -0.2) is 20.0 Å². The van der Waals surface area contributed by atoms with Gasteiger partial charge in [-0.15, -0.1) is 21.6 Å². The summed E-state index contributed by atoms with van der Waals surface area (Å²) in [6, 6.07) is 13.5. The van der Waals surface area contributed by atoms with Crippen LogP contribution < -0.4 is 0 Å². The van der Waals surface area contributed by atoms with Crippen molar-refractivity contribution in [1.82, 2.24) is 9.97 Å². The number of aromatic amines is 1. The average Bonchev–Trinajstić information content (AvgIpc) is 3.24. The first kappa shape index (κ1) is 15.9. The summed E-state index contributed by atoms with van der Waals surface area (Å²) in [5, 5.41) is 31.9. The number of azo groups is 1. The zero-order valence-corrected chi connectivity index (χ0v) is 14.0. The van der Waals surface area contributed by atoms with E-state index in [4.69, 9.17) is 0 Å². The number of fused-ring (bicyclic) bond motifs is 1. The van der Waals surface area contributed by atoms with Gasteiger partial charge >= 0.3 is 0 Å². The number of thiazole rings is 1. The van der Waals surface area contributed by atoms with Crippen molar-refractivity contribution in [2.45, 2.75) is 0 Å². The molecular formula is C17H11N5O3S. The van der Waals surface area contributed by atoms with Crippen molar-refractivity contribution >= 4 is 38.7 Å². The highest BCUT2D eigenvalue weighted by Crippen LogP contribution is 2.37. The maximum atomic E-state index is 10.7. The van der Waals surface area contributed by atoms with Gasteiger partial charge in [0.1, 0.15) is 0 Å². The maximum absolute atomic E-state index is 10.7. The van der Waals surface area contributed by atoms with Crippen LogP contribution in [0.15, 0.2) is 64.1 Å². The summed E-state index contributed by atoms with van der Waals surface area (Å²) in [6.45, 7) is 0. The smallest absolute Gasteiger partial charge is 0.269 e. The SMILES string of the molecule is O=[N+]([O-])c1ccc(-c2csc(N=Nc3c(O)[nH]c4ccccc34)n2)cc1. The lowest BCUT2D eigenvalue weighted by Crippen LogP contribution is -1.87. The van der Waals surface area contributed by atoms with Gasteiger partial charge in [-0.2, -0.15) is 0 Å². The molecule has 9 heteroatoms. The third-order valence-electron chi connectivity index (χ3n) is 3.76. The van der Waals surface area contributed by atoms with E-state index in [1.54, 1.807) is 17.5 Å². The molecule has 0 amide bonds. The molecule has 0 bridgehead atoms. The molecule has 0 saturated carbocycles. The number of hydrogen-bond acceptors (Lipinski definition) is 7. The molecule has 0 aliphatic carbocycles. The molecule has 2 aromatic carbocycles. The molecule has 2 N–H and O–H groups in total. The molecule has 0 fully saturated rings. The quantitative estimate of drug-likeness (QED) is 0.289. The lowest BCUT2D eigenvalue weighted by atomic mass is 10.1. The van der Waals surface area contributed by atoms with Crippen LogP contribution in [0, 0.1) is 10.1 Å². The first-order valence-corrected chi connectivity index (χ1v) is 8.41. The van der Waals surface area contributed by atoms with E-state index in [0.717, 1.165) is 16.5 Å². The van der Waals surface area contributed by atoms with E-state index in [1.165, 1.54) is 23.5 Å². The van der Waals surface area contributed by atoms with E-state index in [2.05, 4.69) is 20.2 Å². The summed E-state index contributed by atoms with van der Waals surface area (Å²) < 4.78 is 0. The third kappa shape index (κ3) is 2.91. The highest BCUT2D eigenvalue weighted by Gasteiger charge is 2.11.